The Bertz CT molecular complexity index is 322. The highest BCUT2D eigenvalue weighted by Gasteiger charge is 1.97. The average molecular weight is 223 g/mol. The predicted octanol–water partition coefficient (Wildman–Crippen LogP) is 2.30. The van der Waals surface area contributed by atoms with E-state index in [0.717, 1.165) is 25.2 Å². The van der Waals surface area contributed by atoms with Crippen molar-refractivity contribution in [2.75, 3.05) is 6.61 Å². The molecule has 0 bridgehead atoms. The Morgan fingerprint density at radius 3 is 2.44 bits per heavy atom. The van der Waals surface area contributed by atoms with Gasteiger partial charge in [-0.05, 0) is 30.7 Å². The normalized spacial score (nSPS) is 9.62. The van der Waals surface area contributed by atoms with Gasteiger partial charge in [0.2, 0.25) is 5.91 Å². The van der Waals surface area contributed by atoms with Gasteiger partial charge >= 0.3 is 0 Å². The number of nitrogens with one attached hydrogen (secondary N) is 1. The number of hydrogen-bond acceptors (Lipinski definition) is 3. The Kier molecular flexibility index (Phi) is 5.19. The smallest absolute Gasteiger partial charge is 0.249 e. The Morgan fingerprint density at radius 1 is 1.25 bits per heavy atom. The maximum atomic E-state index is 10.6. The lowest BCUT2D eigenvalue weighted by Crippen LogP contribution is -2.23. The van der Waals surface area contributed by atoms with Gasteiger partial charge in [0.25, 0.3) is 0 Å². The molecule has 0 saturated carbocycles. The molecule has 4 nitrogen and oxygen atoms in total. The lowest BCUT2D eigenvalue weighted by atomic mass is 10.3. The van der Waals surface area contributed by atoms with Gasteiger partial charge in [0.05, 0.1) is 6.61 Å². The fourth-order valence-electron chi connectivity index (χ4n) is 1.07. The molecule has 16 heavy (non-hydrogen) atoms. The zero-order chi connectivity index (χ0) is 11.8. The summed E-state index contributed by atoms with van der Waals surface area (Å²) in [5.74, 6) is 1.16. The monoisotopic (exact) mass is 223 g/mol. The third-order valence-corrected chi connectivity index (χ3v) is 1.90. The zero-order valence-corrected chi connectivity index (χ0v) is 9.66. The largest absolute Gasteiger partial charge is 0.494 e. The van der Waals surface area contributed by atoms with Gasteiger partial charge in [-0.2, -0.15) is 5.48 Å². The van der Waals surface area contributed by atoms with Gasteiger partial charge in [-0.3, -0.25) is 4.79 Å². The summed E-state index contributed by atoms with van der Waals surface area (Å²) < 4.78 is 5.48. The second kappa shape index (κ2) is 6.71. The summed E-state index contributed by atoms with van der Waals surface area (Å²) in [5.41, 5.74) is 2.25. The fourth-order valence-corrected chi connectivity index (χ4v) is 1.07. The highest BCUT2D eigenvalue weighted by Crippen LogP contribution is 2.17. The van der Waals surface area contributed by atoms with Crippen molar-refractivity contribution in [1.82, 2.24) is 5.48 Å². The van der Waals surface area contributed by atoms with Crippen molar-refractivity contribution in [2.24, 2.45) is 0 Å². The van der Waals surface area contributed by atoms with Gasteiger partial charge < -0.3 is 9.57 Å². The number of carbonyl (C=O) groups excluding carboxylic acids is 1. The first-order valence-corrected chi connectivity index (χ1v) is 5.38. The first-order valence-electron chi connectivity index (χ1n) is 5.38. The zero-order valence-electron chi connectivity index (χ0n) is 9.66. The first-order chi connectivity index (χ1) is 7.72. The van der Waals surface area contributed by atoms with Crippen LogP contribution >= 0.6 is 0 Å². The minimum absolute atomic E-state index is 0.233. The lowest BCUT2D eigenvalue weighted by molar-refractivity contribution is -0.125. The predicted molar refractivity (Wildman–Crippen MR) is 61.3 cm³/mol. The van der Waals surface area contributed by atoms with Crippen molar-refractivity contribution in [3.05, 3.63) is 24.3 Å². The summed E-state index contributed by atoms with van der Waals surface area (Å²) in [6, 6.07) is 7.12. The Balaban J connectivity index is 2.38. The molecule has 1 aromatic rings. The van der Waals surface area contributed by atoms with Crippen LogP contribution in [0.1, 0.15) is 26.7 Å². The topological polar surface area (TPSA) is 47.6 Å². The summed E-state index contributed by atoms with van der Waals surface area (Å²) in [5, 5.41) is 0. The van der Waals surface area contributed by atoms with E-state index in [0.29, 0.717) is 5.75 Å². The fraction of sp³-hybridized carbons (Fsp3) is 0.417. The van der Waals surface area contributed by atoms with Crippen molar-refractivity contribution in [3.8, 4) is 11.5 Å². The third-order valence-electron chi connectivity index (χ3n) is 1.90. The highest BCUT2D eigenvalue weighted by atomic mass is 16.7. The molecule has 1 rings (SSSR count). The number of ether oxygens (including phenoxy) is 1. The molecule has 1 aromatic carbocycles. The van der Waals surface area contributed by atoms with Crippen molar-refractivity contribution < 1.29 is 14.4 Å². The van der Waals surface area contributed by atoms with Gasteiger partial charge in [-0.15, -0.1) is 0 Å². The minimum Gasteiger partial charge on any atom is -0.494 e. The van der Waals surface area contributed by atoms with E-state index in [1.54, 1.807) is 12.1 Å². The standard InChI is InChI=1S/C12H17NO3/c1-3-4-9-15-11-5-7-12(8-6-11)16-13-10(2)14/h5-8H,3-4,9H2,1-2H3,(H,13,14). The Morgan fingerprint density at radius 2 is 1.88 bits per heavy atom. The van der Waals surface area contributed by atoms with E-state index >= 15 is 0 Å². The van der Waals surface area contributed by atoms with E-state index in [4.69, 9.17) is 9.57 Å². The van der Waals surface area contributed by atoms with Crippen LogP contribution in [0.2, 0.25) is 0 Å². The SMILES string of the molecule is CCCCOc1ccc(ONC(C)=O)cc1. The van der Waals surface area contributed by atoms with E-state index < -0.39 is 0 Å². The highest BCUT2D eigenvalue weighted by molar-refractivity contribution is 5.71. The number of hydroxylamine groups is 1. The molecule has 0 saturated heterocycles. The van der Waals surface area contributed by atoms with Crippen molar-refractivity contribution >= 4 is 5.91 Å². The summed E-state index contributed by atoms with van der Waals surface area (Å²) in [6.45, 7) is 4.23. The molecule has 0 atom stereocenters. The van der Waals surface area contributed by atoms with Crippen LogP contribution in [0.15, 0.2) is 24.3 Å². The molecule has 0 aliphatic heterocycles. The van der Waals surface area contributed by atoms with E-state index in [9.17, 15) is 4.79 Å². The number of amides is 1. The average Bonchev–Trinajstić information content (AvgIpc) is 2.28. The van der Waals surface area contributed by atoms with Crippen LogP contribution in [0.4, 0.5) is 0 Å². The molecule has 0 aliphatic carbocycles. The van der Waals surface area contributed by atoms with E-state index in [-0.39, 0.29) is 5.91 Å². The van der Waals surface area contributed by atoms with Gasteiger partial charge in [0, 0.05) is 6.92 Å². The number of hydrogen-bond donors (Lipinski definition) is 1. The number of benzene rings is 1. The number of carbonyl (C=O) groups is 1. The van der Waals surface area contributed by atoms with Crippen molar-refractivity contribution in [1.29, 1.82) is 0 Å². The third kappa shape index (κ3) is 4.68. The van der Waals surface area contributed by atoms with Crippen LogP contribution in [-0.2, 0) is 4.79 Å². The number of rotatable bonds is 6. The summed E-state index contributed by atoms with van der Waals surface area (Å²) >= 11 is 0. The van der Waals surface area contributed by atoms with Crippen molar-refractivity contribution in [2.45, 2.75) is 26.7 Å². The molecule has 1 amide bonds. The second-order valence-electron chi connectivity index (χ2n) is 3.43. The van der Waals surface area contributed by atoms with E-state index in [1.807, 2.05) is 12.1 Å². The van der Waals surface area contributed by atoms with Crippen LogP contribution in [0, 0.1) is 0 Å². The molecule has 0 unspecified atom stereocenters. The molecule has 0 heterocycles. The molecule has 0 spiro atoms. The molecule has 1 N–H and O–H groups in total. The molecule has 0 fully saturated rings. The van der Waals surface area contributed by atoms with Crippen LogP contribution < -0.4 is 15.1 Å². The van der Waals surface area contributed by atoms with Crippen LogP contribution in [-0.4, -0.2) is 12.5 Å². The molecular weight excluding hydrogens is 206 g/mol. The molecule has 0 radical (unpaired) electrons. The molecular formula is C12H17NO3. The Hall–Kier alpha value is -1.71. The van der Waals surface area contributed by atoms with Crippen molar-refractivity contribution in [3.63, 3.8) is 0 Å². The molecule has 0 aliphatic rings. The van der Waals surface area contributed by atoms with Gasteiger partial charge in [-0.25, -0.2) is 0 Å². The summed E-state index contributed by atoms with van der Waals surface area (Å²) in [4.78, 5) is 15.6. The molecule has 4 heteroatoms. The minimum atomic E-state index is -0.233. The van der Waals surface area contributed by atoms with Gasteiger partial charge in [-0.1, -0.05) is 13.3 Å². The second-order valence-corrected chi connectivity index (χ2v) is 3.43. The molecule has 88 valence electrons. The molecule has 0 aromatic heterocycles. The van der Waals surface area contributed by atoms with Gasteiger partial charge in [0.1, 0.15) is 5.75 Å². The van der Waals surface area contributed by atoms with E-state index in [2.05, 4.69) is 12.4 Å². The number of unbranched alkanes of at least 4 members (excludes halogenated alkanes) is 1. The maximum Gasteiger partial charge on any atom is 0.249 e. The Labute approximate surface area is 95.5 Å². The summed E-state index contributed by atoms with van der Waals surface area (Å²) in [7, 11) is 0. The van der Waals surface area contributed by atoms with Crippen LogP contribution in [0.3, 0.4) is 0 Å². The first kappa shape index (κ1) is 12.4. The quantitative estimate of drug-likeness (QED) is 0.594. The van der Waals surface area contributed by atoms with E-state index in [1.165, 1.54) is 6.92 Å². The summed E-state index contributed by atoms with van der Waals surface area (Å²) in [6.07, 6.45) is 2.16. The van der Waals surface area contributed by atoms with Gasteiger partial charge in [0.15, 0.2) is 5.75 Å². The lowest BCUT2D eigenvalue weighted by Gasteiger charge is -2.07. The van der Waals surface area contributed by atoms with Crippen LogP contribution in [0.25, 0.3) is 0 Å². The maximum absolute atomic E-state index is 10.6. The van der Waals surface area contributed by atoms with Crippen LogP contribution in [0.5, 0.6) is 11.5 Å².